The molecule has 7 heteroatoms. The van der Waals surface area contributed by atoms with Crippen LogP contribution in [-0.2, 0) is 4.79 Å². The highest BCUT2D eigenvalue weighted by atomic mass is 32.1. The van der Waals surface area contributed by atoms with E-state index >= 15 is 0 Å². The van der Waals surface area contributed by atoms with E-state index in [0.29, 0.717) is 37.7 Å². The molecule has 0 unspecified atom stereocenters. The molecular formula is C26H25N3O3S. The van der Waals surface area contributed by atoms with Gasteiger partial charge in [-0.05, 0) is 54.8 Å². The van der Waals surface area contributed by atoms with E-state index < -0.39 is 0 Å². The van der Waals surface area contributed by atoms with E-state index in [2.05, 4.69) is 10.3 Å². The molecule has 1 aromatic heterocycles. The van der Waals surface area contributed by atoms with Crippen molar-refractivity contribution in [3.63, 3.8) is 0 Å². The molecule has 2 heterocycles. The lowest BCUT2D eigenvalue weighted by molar-refractivity contribution is -0.121. The summed E-state index contributed by atoms with van der Waals surface area (Å²) in [5.74, 6) is 0.667. The van der Waals surface area contributed by atoms with Crippen LogP contribution in [0.1, 0.15) is 30.1 Å². The number of fused-ring (bicyclic) bond motifs is 2. The highest BCUT2D eigenvalue weighted by Crippen LogP contribution is 2.30. The van der Waals surface area contributed by atoms with Gasteiger partial charge in [-0.1, -0.05) is 47.7 Å². The molecule has 1 aliphatic heterocycles. The number of rotatable bonds is 5. The lowest BCUT2D eigenvalue weighted by atomic mass is 9.95. The number of piperidine rings is 1. The molecule has 1 N–H and O–H groups in total. The SMILES string of the molecule is CCOc1ccc2nc(NC(=O)C3CCN(C(=O)c4cccc5ccccc45)CC3)sc2c1. The van der Waals surface area contributed by atoms with E-state index in [9.17, 15) is 9.59 Å². The average molecular weight is 460 g/mol. The number of nitrogens with one attached hydrogen (secondary N) is 1. The Balaban J connectivity index is 1.22. The molecule has 0 atom stereocenters. The van der Waals surface area contributed by atoms with Gasteiger partial charge in [0, 0.05) is 24.6 Å². The van der Waals surface area contributed by atoms with E-state index in [1.54, 1.807) is 0 Å². The fourth-order valence-corrected chi connectivity index (χ4v) is 5.25. The summed E-state index contributed by atoms with van der Waals surface area (Å²) in [4.78, 5) is 32.4. The third-order valence-electron chi connectivity index (χ3n) is 6.07. The Labute approximate surface area is 196 Å². The molecule has 1 saturated heterocycles. The van der Waals surface area contributed by atoms with Crippen molar-refractivity contribution < 1.29 is 14.3 Å². The predicted octanol–water partition coefficient (Wildman–Crippen LogP) is 5.34. The summed E-state index contributed by atoms with van der Waals surface area (Å²) in [7, 11) is 0. The molecule has 0 saturated carbocycles. The summed E-state index contributed by atoms with van der Waals surface area (Å²) in [6.45, 7) is 3.69. The minimum Gasteiger partial charge on any atom is -0.494 e. The predicted molar refractivity (Wildman–Crippen MR) is 132 cm³/mol. The number of anilines is 1. The number of ether oxygens (including phenoxy) is 1. The summed E-state index contributed by atoms with van der Waals surface area (Å²) >= 11 is 1.45. The third kappa shape index (κ3) is 4.41. The van der Waals surface area contributed by atoms with Crippen molar-refractivity contribution in [2.45, 2.75) is 19.8 Å². The van der Waals surface area contributed by atoms with Crippen LogP contribution in [0.5, 0.6) is 5.75 Å². The van der Waals surface area contributed by atoms with Crippen molar-refractivity contribution in [2.75, 3.05) is 25.0 Å². The fourth-order valence-electron chi connectivity index (χ4n) is 4.35. The Morgan fingerprint density at radius 1 is 1.09 bits per heavy atom. The molecule has 4 aromatic rings. The number of hydrogen-bond acceptors (Lipinski definition) is 5. The third-order valence-corrected chi connectivity index (χ3v) is 7.01. The Bertz CT molecular complexity index is 1320. The van der Waals surface area contributed by atoms with Crippen molar-refractivity contribution in [3.05, 3.63) is 66.2 Å². The fraction of sp³-hybridized carbons (Fsp3) is 0.269. The molecule has 0 aliphatic carbocycles. The second-order valence-electron chi connectivity index (χ2n) is 8.16. The molecule has 0 bridgehead atoms. The molecule has 33 heavy (non-hydrogen) atoms. The smallest absolute Gasteiger partial charge is 0.254 e. The molecule has 5 rings (SSSR count). The van der Waals surface area contributed by atoms with Crippen LogP contribution in [0, 0.1) is 5.92 Å². The van der Waals surface area contributed by atoms with E-state index in [4.69, 9.17) is 4.74 Å². The average Bonchev–Trinajstić information content (AvgIpc) is 3.25. The maximum Gasteiger partial charge on any atom is 0.254 e. The maximum atomic E-state index is 13.2. The van der Waals surface area contributed by atoms with Gasteiger partial charge >= 0.3 is 0 Å². The normalized spacial score (nSPS) is 14.5. The Hall–Kier alpha value is -3.45. The molecular weight excluding hydrogens is 434 g/mol. The van der Waals surface area contributed by atoms with Gasteiger partial charge < -0.3 is 15.0 Å². The second kappa shape index (κ2) is 9.19. The van der Waals surface area contributed by atoms with Gasteiger partial charge in [-0.15, -0.1) is 0 Å². The summed E-state index contributed by atoms with van der Waals surface area (Å²) in [6.07, 6.45) is 1.28. The largest absolute Gasteiger partial charge is 0.494 e. The first-order valence-electron chi connectivity index (χ1n) is 11.2. The van der Waals surface area contributed by atoms with Gasteiger partial charge in [-0.2, -0.15) is 0 Å². The van der Waals surface area contributed by atoms with Gasteiger partial charge in [0.2, 0.25) is 5.91 Å². The van der Waals surface area contributed by atoms with Crippen LogP contribution in [0.15, 0.2) is 60.7 Å². The molecule has 2 amide bonds. The minimum atomic E-state index is -0.132. The zero-order valence-electron chi connectivity index (χ0n) is 18.4. The monoisotopic (exact) mass is 459 g/mol. The zero-order chi connectivity index (χ0) is 22.8. The zero-order valence-corrected chi connectivity index (χ0v) is 19.2. The Morgan fingerprint density at radius 2 is 1.88 bits per heavy atom. The van der Waals surface area contributed by atoms with Gasteiger partial charge in [0.1, 0.15) is 5.75 Å². The number of carbonyl (C=O) groups is 2. The number of likely N-dealkylation sites (tertiary alicyclic amines) is 1. The first kappa shape index (κ1) is 21.4. The van der Waals surface area contributed by atoms with Crippen LogP contribution >= 0.6 is 11.3 Å². The Morgan fingerprint density at radius 3 is 2.70 bits per heavy atom. The van der Waals surface area contributed by atoms with Crippen LogP contribution in [0.25, 0.3) is 21.0 Å². The highest BCUT2D eigenvalue weighted by Gasteiger charge is 2.29. The first-order valence-corrected chi connectivity index (χ1v) is 12.1. The van der Waals surface area contributed by atoms with Crippen molar-refractivity contribution in [3.8, 4) is 5.75 Å². The highest BCUT2D eigenvalue weighted by molar-refractivity contribution is 7.22. The van der Waals surface area contributed by atoms with Crippen molar-refractivity contribution in [1.82, 2.24) is 9.88 Å². The molecule has 6 nitrogen and oxygen atoms in total. The number of aromatic nitrogens is 1. The summed E-state index contributed by atoms with van der Waals surface area (Å²) in [5.41, 5.74) is 1.56. The van der Waals surface area contributed by atoms with E-state index in [1.165, 1.54) is 11.3 Å². The standard InChI is InChI=1S/C26H25N3O3S/c1-2-32-19-10-11-22-23(16-19)33-26(27-22)28-24(30)18-12-14-29(15-13-18)25(31)21-9-5-7-17-6-3-4-8-20(17)21/h3-11,16,18H,2,12-15H2,1H3,(H,27,28,30). The lowest BCUT2D eigenvalue weighted by Gasteiger charge is -2.31. The molecule has 1 aliphatic rings. The van der Waals surface area contributed by atoms with Crippen LogP contribution in [-0.4, -0.2) is 41.4 Å². The van der Waals surface area contributed by atoms with Gasteiger partial charge in [0.15, 0.2) is 5.13 Å². The molecule has 0 spiro atoms. The molecule has 1 fully saturated rings. The van der Waals surface area contributed by atoms with Crippen molar-refractivity contribution in [1.29, 1.82) is 0 Å². The van der Waals surface area contributed by atoms with Crippen LogP contribution < -0.4 is 10.1 Å². The summed E-state index contributed by atoms with van der Waals surface area (Å²) < 4.78 is 6.52. The van der Waals surface area contributed by atoms with E-state index in [1.807, 2.05) is 72.5 Å². The van der Waals surface area contributed by atoms with E-state index in [-0.39, 0.29) is 17.7 Å². The van der Waals surface area contributed by atoms with Gasteiger partial charge in [-0.25, -0.2) is 4.98 Å². The summed E-state index contributed by atoms with van der Waals surface area (Å²) in [5, 5.41) is 5.60. The second-order valence-corrected chi connectivity index (χ2v) is 9.19. The quantitative estimate of drug-likeness (QED) is 0.437. The van der Waals surface area contributed by atoms with Gasteiger partial charge in [-0.3, -0.25) is 9.59 Å². The Kier molecular flexibility index (Phi) is 5.96. The van der Waals surface area contributed by atoms with Crippen molar-refractivity contribution in [2.24, 2.45) is 5.92 Å². The number of thiazole rings is 1. The van der Waals surface area contributed by atoms with E-state index in [0.717, 1.165) is 32.3 Å². The minimum absolute atomic E-state index is 0.0296. The van der Waals surface area contributed by atoms with Crippen LogP contribution in [0.3, 0.4) is 0 Å². The lowest BCUT2D eigenvalue weighted by Crippen LogP contribution is -2.41. The first-order chi connectivity index (χ1) is 16.1. The molecule has 168 valence electrons. The number of nitrogens with zero attached hydrogens (tertiary/aromatic N) is 2. The number of benzene rings is 3. The van der Waals surface area contributed by atoms with Crippen LogP contribution in [0.2, 0.25) is 0 Å². The number of hydrogen-bond donors (Lipinski definition) is 1. The maximum absolute atomic E-state index is 13.2. The number of carbonyl (C=O) groups excluding carboxylic acids is 2. The molecule has 3 aromatic carbocycles. The van der Waals surface area contributed by atoms with Gasteiger partial charge in [0.05, 0.1) is 16.8 Å². The topological polar surface area (TPSA) is 71.5 Å². The summed E-state index contributed by atoms with van der Waals surface area (Å²) in [6, 6.07) is 19.5. The van der Waals surface area contributed by atoms with Crippen molar-refractivity contribution >= 4 is 49.3 Å². The van der Waals surface area contributed by atoms with Crippen LogP contribution in [0.4, 0.5) is 5.13 Å². The van der Waals surface area contributed by atoms with Gasteiger partial charge in [0.25, 0.3) is 5.91 Å². The molecule has 0 radical (unpaired) electrons. The number of amides is 2.